The fraction of sp³-hybridized carbons (Fsp3) is 0.267. The number of likely N-dealkylation sites (N-methyl/N-ethyl adjacent to an activating group) is 1. The highest BCUT2D eigenvalue weighted by Crippen LogP contribution is 2.30. The molecular weight excluding hydrogens is 288 g/mol. The van der Waals surface area contributed by atoms with Crippen LogP contribution in [0.5, 0.6) is 0 Å². The summed E-state index contributed by atoms with van der Waals surface area (Å²) < 4.78 is 4.04. The fourth-order valence-electron chi connectivity index (χ4n) is 2.11. The molecule has 1 N–H and O–H groups in total. The Morgan fingerprint density at radius 1 is 1.29 bits per heavy atom. The van der Waals surface area contributed by atoms with Crippen molar-refractivity contribution in [3.8, 4) is 0 Å². The molecule has 0 saturated heterocycles. The molecule has 5 nitrogen and oxygen atoms in total. The van der Waals surface area contributed by atoms with Crippen molar-refractivity contribution in [2.24, 2.45) is 0 Å². The third-order valence-electron chi connectivity index (χ3n) is 3.36. The number of hydrogen-bond donors (Lipinski definition) is 1. The highest BCUT2D eigenvalue weighted by molar-refractivity contribution is 7.11. The van der Waals surface area contributed by atoms with Gasteiger partial charge in [-0.25, -0.2) is 4.79 Å². The number of carbonyl (C=O) groups is 2. The summed E-state index contributed by atoms with van der Waals surface area (Å²) in [4.78, 5) is 25.2. The maximum absolute atomic E-state index is 12.5. The molecule has 0 radical (unpaired) electrons. The van der Waals surface area contributed by atoms with E-state index in [1.807, 2.05) is 37.3 Å². The summed E-state index contributed by atoms with van der Waals surface area (Å²) in [5.41, 5.74) is 1.41. The minimum atomic E-state index is -1.07. The minimum Gasteiger partial charge on any atom is -0.478 e. The van der Waals surface area contributed by atoms with E-state index < -0.39 is 5.97 Å². The summed E-state index contributed by atoms with van der Waals surface area (Å²) in [5, 5.41) is 9.62. The molecule has 21 heavy (non-hydrogen) atoms. The van der Waals surface area contributed by atoms with Crippen LogP contribution in [0.25, 0.3) is 0 Å². The van der Waals surface area contributed by atoms with Crippen molar-refractivity contribution in [2.75, 3.05) is 11.9 Å². The molecule has 0 fully saturated rings. The van der Waals surface area contributed by atoms with E-state index in [-0.39, 0.29) is 17.4 Å². The number of carboxylic acids is 1. The van der Waals surface area contributed by atoms with Gasteiger partial charge in [-0.15, -0.1) is 0 Å². The molecule has 1 atom stereocenters. The van der Waals surface area contributed by atoms with Gasteiger partial charge in [-0.2, -0.15) is 4.37 Å². The van der Waals surface area contributed by atoms with Gasteiger partial charge in [0.05, 0.1) is 11.6 Å². The second-order valence-corrected chi connectivity index (χ2v) is 5.53. The summed E-state index contributed by atoms with van der Waals surface area (Å²) >= 11 is 1.03. The Morgan fingerprint density at radius 3 is 2.48 bits per heavy atom. The number of aryl methyl sites for hydroxylation is 1. The zero-order chi connectivity index (χ0) is 15.6. The van der Waals surface area contributed by atoms with Gasteiger partial charge in [-0.05, 0) is 30.9 Å². The van der Waals surface area contributed by atoms with Gasteiger partial charge in [0, 0.05) is 7.05 Å². The standard InChI is InChI=1S/C15H16N2O3S/c1-9(11-7-5-4-6-8-11)13(18)17(3)14-12(15(19)20)10(2)16-21-14/h4-9H,1-3H3,(H,19,20). The van der Waals surface area contributed by atoms with E-state index in [0.29, 0.717) is 10.7 Å². The summed E-state index contributed by atoms with van der Waals surface area (Å²) in [6.45, 7) is 3.44. The Morgan fingerprint density at radius 2 is 1.90 bits per heavy atom. The van der Waals surface area contributed by atoms with Gasteiger partial charge in [0.15, 0.2) is 0 Å². The molecule has 1 unspecified atom stereocenters. The van der Waals surface area contributed by atoms with Crippen molar-refractivity contribution in [3.05, 3.63) is 47.2 Å². The highest BCUT2D eigenvalue weighted by Gasteiger charge is 2.27. The summed E-state index contributed by atoms with van der Waals surface area (Å²) in [6, 6.07) is 9.40. The molecule has 1 amide bonds. The Balaban J connectivity index is 2.30. The van der Waals surface area contributed by atoms with Crippen LogP contribution in [0.15, 0.2) is 30.3 Å². The van der Waals surface area contributed by atoms with Gasteiger partial charge in [0.25, 0.3) is 0 Å². The monoisotopic (exact) mass is 304 g/mol. The predicted octanol–water partition coefficient (Wildman–Crippen LogP) is 2.92. The van der Waals surface area contributed by atoms with Crippen LogP contribution in [0, 0.1) is 6.92 Å². The van der Waals surface area contributed by atoms with Crippen molar-refractivity contribution >= 4 is 28.4 Å². The van der Waals surface area contributed by atoms with Gasteiger partial charge in [0.1, 0.15) is 10.6 Å². The molecule has 0 spiro atoms. The van der Waals surface area contributed by atoms with E-state index in [9.17, 15) is 14.7 Å². The summed E-state index contributed by atoms with van der Waals surface area (Å²) in [5.74, 6) is -1.57. The van der Waals surface area contributed by atoms with Crippen LogP contribution in [0.1, 0.15) is 34.5 Å². The Kier molecular flexibility index (Phi) is 4.37. The number of amides is 1. The molecule has 0 bridgehead atoms. The van der Waals surface area contributed by atoms with E-state index in [4.69, 9.17) is 0 Å². The Bertz CT molecular complexity index is 667. The maximum atomic E-state index is 12.5. The van der Waals surface area contributed by atoms with Gasteiger partial charge in [0.2, 0.25) is 5.91 Å². The smallest absolute Gasteiger partial charge is 0.340 e. The van der Waals surface area contributed by atoms with Crippen LogP contribution in [0.4, 0.5) is 5.00 Å². The molecule has 0 aliphatic rings. The SMILES string of the molecule is Cc1nsc(N(C)C(=O)C(C)c2ccccc2)c1C(=O)O. The third-order valence-corrected chi connectivity index (χ3v) is 4.38. The average molecular weight is 304 g/mol. The lowest BCUT2D eigenvalue weighted by Crippen LogP contribution is -2.31. The van der Waals surface area contributed by atoms with Crippen LogP contribution in [0.2, 0.25) is 0 Å². The molecule has 1 aromatic heterocycles. The Labute approximate surface area is 127 Å². The second-order valence-electron chi connectivity index (χ2n) is 4.78. The highest BCUT2D eigenvalue weighted by atomic mass is 32.1. The fourth-order valence-corrected chi connectivity index (χ4v) is 2.96. The summed E-state index contributed by atoms with van der Waals surface area (Å²) in [7, 11) is 1.58. The molecule has 110 valence electrons. The number of aromatic carboxylic acids is 1. The lowest BCUT2D eigenvalue weighted by Gasteiger charge is -2.20. The summed E-state index contributed by atoms with van der Waals surface area (Å²) in [6.07, 6.45) is 0. The number of rotatable bonds is 4. The number of hydrogen-bond acceptors (Lipinski definition) is 4. The number of aromatic nitrogens is 1. The maximum Gasteiger partial charge on any atom is 0.340 e. The first-order chi connectivity index (χ1) is 9.93. The molecule has 0 aliphatic carbocycles. The topological polar surface area (TPSA) is 70.5 Å². The van der Waals surface area contributed by atoms with Crippen molar-refractivity contribution in [1.82, 2.24) is 4.37 Å². The lowest BCUT2D eigenvalue weighted by atomic mass is 10.00. The van der Waals surface area contributed by atoms with Crippen molar-refractivity contribution < 1.29 is 14.7 Å². The average Bonchev–Trinajstić information content (AvgIpc) is 2.87. The first kappa shape index (κ1) is 15.2. The normalized spacial score (nSPS) is 12.0. The minimum absolute atomic E-state index is 0.0936. The van der Waals surface area contributed by atoms with E-state index in [1.54, 1.807) is 14.0 Å². The number of benzene rings is 1. The number of nitrogens with zero attached hydrogens (tertiary/aromatic N) is 2. The van der Waals surface area contributed by atoms with E-state index in [2.05, 4.69) is 4.37 Å². The van der Waals surface area contributed by atoms with Crippen molar-refractivity contribution in [1.29, 1.82) is 0 Å². The largest absolute Gasteiger partial charge is 0.478 e. The zero-order valence-corrected chi connectivity index (χ0v) is 12.8. The van der Waals surface area contributed by atoms with Gasteiger partial charge in [-0.1, -0.05) is 30.3 Å². The Hall–Kier alpha value is -2.21. The van der Waals surface area contributed by atoms with Gasteiger partial charge < -0.3 is 10.0 Å². The molecule has 0 saturated carbocycles. The quantitative estimate of drug-likeness (QED) is 0.943. The van der Waals surface area contributed by atoms with E-state index >= 15 is 0 Å². The van der Waals surface area contributed by atoms with Crippen LogP contribution in [0.3, 0.4) is 0 Å². The number of carbonyl (C=O) groups excluding carboxylic acids is 1. The van der Waals surface area contributed by atoms with Gasteiger partial charge in [-0.3, -0.25) is 4.79 Å². The molecular formula is C15H16N2O3S. The lowest BCUT2D eigenvalue weighted by molar-refractivity contribution is -0.119. The van der Waals surface area contributed by atoms with Crippen LogP contribution in [-0.2, 0) is 4.79 Å². The second kappa shape index (κ2) is 6.05. The molecule has 2 aromatic rings. The molecule has 2 rings (SSSR count). The first-order valence-corrected chi connectivity index (χ1v) is 7.23. The molecule has 0 aliphatic heterocycles. The van der Waals surface area contributed by atoms with Gasteiger partial charge >= 0.3 is 5.97 Å². The number of anilines is 1. The van der Waals surface area contributed by atoms with E-state index in [0.717, 1.165) is 17.1 Å². The van der Waals surface area contributed by atoms with Crippen molar-refractivity contribution in [3.63, 3.8) is 0 Å². The molecule has 1 aromatic carbocycles. The zero-order valence-electron chi connectivity index (χ0n) is 12.0. The molecule has 6 heteroatoms. The van der Waals surface area contributed by atoms with Crippen molar-refractivity contribution in [2.45, 2.75) is 19.8 Å². The van der Waals surface area contributed by atoms with Crippen LogP contribution in [-0.4, -0.2) is 28.4 Å². The number of carboxylic acid groups (broad SMARTS) is 1. The van der Waals surface area contributed by atoms with Crippen LogP contribution >= 0.6 is 11.5 Å². The molecule has 1 heterocycles. The third kappa shape index (κ3) is 2.95. The van der Waals surface area contributed by atoms with E-state index in [1.165, 1.54) is 4.90 Å². The first-order valence-electron chi connectivity index (χ1n) is 6.45. The predicted molar refractivity (Wildman–Crippen MR) is 82.1 cm³/mol. The van der Waals surface area contributed by atoms with Crippen LogP contribution < -0.4 is 4.90 Å².